The number of amides is 1. The van der Waals surface area contributed by atoms with Gasteiger partial charge in [-0.15, -0.1) is 0 Å². The number of aromatic nitrogens is 2. The molecule has 36 heavy (non-hydrogen) atoms. The summed E-state index contributed by atoms with van der Waals surface area (Å²) in [5.74, 6) is 0.389. The van der Waals surface area contributed by atoms with Gasteiger partial charge in [0.1, 0.15) is 23.0 Å². The van der Waals surface area contributed by atoms with Gasteiger partial charge in [-0.05, 0) is 86.4 Å². The van der Waals surface area contributed by atoms with Gasteiger partial charge < -0.3 is 20.5 Å². The molecule has 2 aliphatic rings. The van der Waals surface area contributed by atoms with E-state index in [1.165, 1.54) is 12.1 Å². The number of halogens is 1. The van der Waals surface area contributed by atoms with E-state index in [9.17, 15) is 14.3 Å². The topological polar surface area (TPSA) is 96.4 Å². The van der Waals surface area contributed by atoms with Crippen molar-refractivity contribution in [2.45, 2.75) is 38.3 Å². The largest absolute Gasteiger partial charge is 0.482 e. The molecule has 8 heteroatoms. The summed E-state index contributed by atoms with van der Waals surface area (Å²) >= 11 is 0. The first-order valence-electron chi connectivity index (χ1n) is 11.8. The van der Waals surface area contributed by atoms with Crippen LogP contribution in [0.25, 0.3) is 11.1 Å². The number of aliphatic hydroxyl groups is 1. The molecule has 3 aromatic rings. The number of hydrogen-bond donors (Lipinski definition) is 3. The Kier molecular flexibility index (Phi) is 6.28. The molecule has 0 bridgehead atoms. The van der Waals surface area contributed by atoms with Crippen LogP contribution in [0.4, 0.5) is 15.9 Å². The number of aliphatic hydroxyl groups excluding tert-OH is 1. The number of benzene rings is 1. The highest BCUT2D eigenvalue weighted by Gasteiger charge is 2.38. The van der Waals surface area contributed by atoms with Gasteiger partial charge in [0, 0.05) is 42.4 Å². The lowest BCUT2D eigenvalue weighted by Crippen LogP contribution is -2.25. The summed E-state index contributed by atoms with van der Waals surface area (Å²) in [6, 6.07) is 12.0. The van der Waals surface area contributed by atoms with Gasteiger partial charge in [-0.25, -0.2) is 9.37 Å². The van der Waals surface area contributed by atoms with Crippen molar-refractivity contribution in [1.29, 1.82) is 0 Å². The standard InChI is InChI=1S/C28H27FN4O3/c1-28(2)22(16-24(36-28)26-21-4-3-19(29)15-23(21)33-27(26)35)18-7-11-31-25(14-18)32-20(8-12-34)13-17-5-9-30-10-6-17/h3-7,9-11,14-16,20,34H,8,12-13H2,1-2H3,(H,31,32)(H,33,35)/b26-24+. The van der Waals surface area contributed by atoms with Crippen molar-refractivity contribution < 1.29 is 19.0 Å². The predicted molar refractivity (Wildman–Crippen MR) is 136 cm³/mol. The number of nitrogens with one attached hydrogen (secondary N) is 2. The van der Waals surface area contributed by atoms with Crippen molar-refractivity contribution in [3.05, 3.63) is 95.4 Å². The van der Waals surface area contributed by atoms with E-state index in [1.807, 2.05) is 44.2 Å². The number of rotatable bonds is 7. The summed E-state index contributed by atoms with van der Waals surface area (Å²) in [6.07, 6.45) is 8.39. The molecule has 2 aliphatic heterocycles. The Morgan fingerprint density at radius 1 is 1.14 bits per heavy atom. The quantitative estimate of drug-likeness (QED) is 0.423. The van der Waals surface area contributed by atoms with Crippen LogP contribution in [0.1, 0.15) is 37.0 Å². The molecule has 0 spiro atoms. The molecule has 1 atom stereocenters. The number of ether oxygens (including phenoxy) is 1. The average molecular weight is 487 g/mol. The fraction of sp³-hybridized carbons (Fsp3) is 0.250. The summed E-state index contributed by atoms with van der Waals surface area (Å²) in [4.78, 5) is 21.3. The molecule has 5 rings (SSSR count). The Bertz CT molecular complexity index is 1370. The van der Waals surface area contributed by atoms with Gasteiger partial charge in [-0.3, -0.25) is 9.78 Å². The van der Waals surface area contributed by atoms with E-state index in [-0.39, 0.29) is 18.6 Å². The van der Waals surface area contributed by atoms with Crippen molar-refractivity contribution in [3.8, 4) is 0 Å². The van der Waals surface area contributed by atoms with E-state index in [4.69, 9.17) is 4.74 Å². The Morgan fingerprint density at radius 3 is 2.72 bits per heavy atom. The highest BCUT2D eigenvalue weighted by molar-refractivity contribution is 6.32. The number of allylic oxidation sites excluding steroid dienone is 1. The fourth-order valence-corrected chi connectivity index (χ4v) is 4.68. The molecule has 0 saturated heterocycles. The maximum atomic E-state index is 13.7. The van der Waals surface area contributed by atoms with Crippen molar-refractivity contribution in [3.63, 3.8) is 0 Å². The first-order chi connectivity index (χ1) is 17.3. The van der Waals surface area contributed by atoms with E-state index < -0.39 is 11.4 Å². The molecule has 1 aromatic carbocycles. The summed E-state index contributed by atoms with van der Waals surface area (Å²) in [6.45, 7) is 3.94. The minimum atomic E-state index is -0.703. The number of hydrogen-bond acceptors (Lipinski definition) is 6. The van der Waals surface area contributed by atoms with E-state index >= 15 is 0 Å². The van der Waals surface area contributed by atoms with E-state index in [0.29, 0.717) is 34.8 Å². The van der Waals surface area contributed by atoms with Crippen LogP contribution >= 0.6 is 0 Å². The normalized spacial score (nSPS) is 18.8. The van der Waals surface area contributed by atoms with Crippen LogP contribution in [-0.4, -0.2) is 39.2 Å². The monoisotopic (exact) mass is 486 g/mol. The highest BCUT2D eigenvalue weighted by atomic mass is 19.1. The molecule has 184 valence electrons. The Hall–Kier alpha value is -4.04. The van der Waals surface area contributed by atoms with Crippen LogP contribution in [-0.2, 0) is 16.0 Å². The molecule has 0 fully saturated rings. The van der Waals surface area contributed by atoms with Gasteiger partial charge in [0.15, 0.2) is 0 Å². The maximum Gasteiger partial charge on any atom is 0.260 e. The van der Waals surface area contributed by atoms with Gasteiger partial charge in [0.25, 0.3) is 5.91 Å². The lowest BCUT2D eigenvalue weighted by molar-refractivity contribution is -0.111. The van der Waals surface area contributed by atoms with Crippen LogP contribution < -0.4 is 10.6 Å². The molecular weight excluding hydrogens is 459 g/mol. The summed E-state index contributed by atoms with van der Waals surface area (Å²) in [5, 5.41) is 15.7. The second-order valence-electron chi connectivity index (χ2n) is 9.40. The molecule has 7 nitrogen and oxygen atoms in total. The zero-order chi connectivity index (χ0) is 25.3. The molecule has 0 saturated carbocycles. The highest BCUT2D eigenvalue weighted by Crippen LogP contribution is 2.44. The molecule has 1 amide bonds. The maximum absolute atomic E-state index is 13.7. The number of carbonyl (C=O) groups is 1. The summed E-state index contributed by atoms with van der Waals surface area (Å²) in [5.41, 5.74) is 3.65. The van der Waals surface area contributed by atoms with Crippen molar-refractivity contribution in [1.82, 2.24) is 9.97 Å². The molecule has 0 aliphatic carbocycles. The summed E-state index contributed by atoms with van der Waals surface area (Å²) in [7, 11) is 0. The molecule has 3 N–H and O–H groups in total. The molecular formula is C28H27FN4O3. The minimum absolute atomic E-state index is 0.0151. The SMILES string of the molecule is CC1(C)O/C(=C2/C(=O)Nc3cc(F)ccc32)C=C1c1ccnc(NC(CCO)Cc2ccncc2)c1. The third kappa shape index (κ3) is 4.72. The number of anilines is 2. The Labute approximate surface area is 208 Å². The number of pyridine rings is 2. The Balaban J connectivity index is 1.45. The van der Waals surface area contributed by atoms with Crippen molar-refractivity contribution in [2.24, 2.45) is 0 Å². The zero-order valence-corrected chi connectivity index (χ0v) is 20.1. The van der Waals surface area contributed by atoms with E-state index in [2.05, 4.69) is 20.6 Å². The average Bonchev–Trinajstić information content (AvgIpc) is 3.34. The molecule has 2 aromatic heterocycles. The van der Waals surface area contributed by atoms with E-state index in [1.54, 1.807) is 24.7 Å². The van der Waals surface area contributed by atoms with Crippen LogP contribution in [0.5, 0.6) is 0 Å². The molecule has 4 heterocycles. The zero-order valence-electron chi connectivity index (χ0n) is 20.1. The fourth-order valence-electron chi connectivity index (χ4n) is 4.68. The van der Waals surface area contributed by atoms with Crippen molar-refractivity contribution >= 4 is 28.6 Å². The third-order valence-electron chi connectivity index (χ3n) is 6.39. The predicted octanol–water partition coefficient (Wildman–Crippen LogP) is 4.58. The molecule has 1 unspecified atom stereocenters. The van der Waals surface area contributed by atoms with E-state index in [0.717, 1.165) is 23.1 Å². The molecule has 0 radical (unpaired) electrons. The van der Waals surface area contributed by atoms with Gasteiger partial charge in [0.2, 0.25) is 0 Å². The van der Waals surface area contributed by atoms with Crippen LogP contribution in [0.15, 0.2) is 72.9 Å². The van der Waals surface area contributed by atoms with Crippen LogP contribution in [0, 0.1) is 5.82 Å². The van der Waals surface area contributed by atoms with Gasteiger partial charge >= 0.3 is 0 Å². The van der Waals surface area contributed by atoms with Gasteiger partial charge in [-0.1, -0.05) is 0 Å². The van der Waals surface area contributed by atoms with Crippen molar-refractivity contribution in [2.75, 3.05) is 17.2 Å². The van der Waals surface area contributed by atoms with Crippen LogP contribution in [0.2, 0.25) is 0 Å². The number of fused-ring (bicyclic) bond motifs is 1. The third-order valence-corrected chi connectivity index (χ3v) is 6.39. The first kappa shape index (κ1) is 23.7. The second kappa shape index (κ2) is 9.54. The number of carbonyl (C=O) groups excluding carboxylic acids is 1. The van der Waals surface area contributed by atoms with Gasteiger partial charge in [0.05, 0.1) is 11.3 Å². The van der Waals surface area contributed by atoms with Gasteiger partial charge in [-0.2, -0.15) is 0 Å². The first-order valence-corrected chi connectivity index (χ1v) is 11.8. The smallest absolute Gasteiger partial charge is 0.260 e. The minimum Gasteiger partial charge on any atom is -0.482 e. The second-order valence-corrected chi connectivity index (χ2v) is 9.40. The lowest BCUT2D eigenvalue weighted by atomic mass is 9.92. The summed E-state index contributed by atoms with van der Waals surface area (Å²) < 4.78 is 19.9. The lowest BCUT2D eigenvalue weighted by Gasteiger charge is -2.24. The van der Waals surface area contributed by atoms with Crippen LogP contribution in [0.3, 0.4) is 0 Å². The number of nitrogens with zero attached hydrogens (tertiary/aromatic N) is 2. The Morgan fingerprint density at radius 2 is 1.94 bits per heavy atom.